The SMILES string of the molecule is Cc1cccc2c([C@@H](C(=O)O)C(F)(F)F)c[nH]c12. The van der Waals surface area contributed by atoms with Gasteiger partial charge in [-0.2, -0.15) is 13.2 Å². The Morgan fingerprint density at radius 3 is 2.61 bits per heavy atom. The molecule has 1 aromatic carbocycles. The van der Waals surface area contributed by atoms with Crippen LogP contribution in [0.15, 0.2) is 24.4 Å². The lowest BCUT2D eigenvalue weighted by atomic mass is 9.97. The van der Waals surface area contributed by atoms with Crippen LogP contribution in [0, 0.1) is 6.92 Å². The number of rotatable bonds is 2. The van der Waals surface area contributed by atoms with Gasteiger partial charge in [0.2, 0.25) is 0 Å². The van der Waals surface area contributed by atoms with Crippen LogP contribution in [0.4, 0.5) is 13.2 Å². The highest BCUT2D eigenvalue weighted by Crippen LogP contribution is 2.38. The third kappa shape index (κ3) is 1.94. The first-order valence-corrected chi connectivity index (χ1v) is 5.18. The smallest absolute Gasteiger partial charge is 0.406 e. The van der Waals surface area contributed by atoms with E-state index in [0.29, 0.717) is 10.9 Å². The number of carboxylic acid groups (broad SMARTS) is 1. The van der Waals surface area contributed by atoms with E-state index in [9.17, 15) is 18.0 Å². The fourth-order valence-electron chi connectivity index (χ4n) is 2.02. The van der Waals surface area contributed by atoms with E-state index in [1.807, 2.05) is 0 Å². The van der Waals surface area contributed by atoms with Gasteiger partial charge >= 0.3 is 12.1 Å². The molecule has 2 aromatic rings. The number of para-hydroxylation sites is 1. The van der Waals surface area contributed by atoms with E-state index >= 15 is 0 Å². The molecule has 0 saturated heterocycles. The fraction of sp³-hybridized carbons (Fsp3) is 0.250. The summed E-state index contributed by atoms with van der Waals surface area (Å²) in [6, 6.07) is 4.83. The quantitative estimate of drug-likeness (QED) is 0.867. The number of benzene rings is 1. The number of fused-ring (bicyclic) bond motifs is 1. The van der Waals surface area contributed by atoms with Gasteiger partial charge in [0, 0.05) is 22.7 Å². The van der Waals surface area contributed by atoms with Gasteiger partial charge in [0.15, 0.2) is 5.92 Å². The van der Waals surface area contributed by atoms with E-state index in [1.165, 1.54) is 6.07 Å². The van der Waals surface area contributed by atoms with Gasteiger partial charge < -0.3 is 10.1 Å². The fourth-order valence-corrected chi connectivity index (χ4v) is 2.02. The number of aromatic nitrogens is 1. The Morgan fingerprint density at radius 2 is 2.06 bits per heavy atom. The molecule has 0 aliphatic heterocycles. The number of aromatic amines is 1. The molecule has 0 radical (unpaired) electrons. The van der Waals surface area contributed by atoms with Crippen molar-refractivity contribution in [2.45, 2.75) is 19.0 Å². The highest BCUT2D eigenvalue weighted by Gasteiger charge is 2.47. The maximum absolute atomic E-state index is 12.8. The van der Waals surface area contributed by atoms with Crippen LogP contribution in [0.2, 0.25) is 0 Å². The summed E-state index contributed by atoms with van der Waals surface area (Å²) in [6.07, 6.45) is -3.70. The Morgan fingerprint density at radius 1 is 1.39 bits per heavy atom. The molecule has 2 N–H and O–H groups in total. The average molecular weight is 257 g/mol. The van der Waals surface area contributed by atoms with Crippen molar-refractivity contribution in [2.24, 2.45) is 0 Å². The summed E-state index contributed by atoms with van der Waals surface area (Å²) in [5.74, 6) is -4.40. The number of hydrogen-bond acceptors (Lipinski definition) is 1. The number of carboxylic acids is 1. The molecule has 0 unspecified atom stereocenters. The van der Waals surface area contributed by atoms with E-state index in [-0.39, 0.29) is 5.56 Å². The van der Waals surface area contributed by atoms with Gasteiger partial charge in [0.25, 0.3) is 0 Å². The minimum absolute atomic E-state index is 0.256. The summed E-state index contributed by atoms with van der Waals surface area (Å²) in [5, 5.41) is 9.07. The van der Waals surface area contributed by atoms with E-state index in [2.05, 4.69) is 4.98 Å². The summed E-state index contributed by atoms with van der Waals surface area (Å²) in [5.41, 5.74) is 1.04. The number of nitrogens with one attached hydrogen (secondary N) is 1. The van der Waals surface area contributed by atoms with Gasteiger partial charge in [-0.3, -0.25) is 4.79 Å². The lowest BCUT2D eigenvalue weighted by Gasteiger charge is -2.15. The van der Waals surface area contributed by atoms with Gasteiger partial charge in [-0.15, -0.1) is 0 Å². The number of halogens is 3. The number of hydrogen-bond donors (Lipinski definition) is 2. The topological polar surface area (TPSA) is 53.1 Å². The number of aliphatic carboxylic acids is 1. The summed E-state index contributed by atoms with van der Waals surface area (Å²) in [7, 11) is 0. The second-order valence-corrected chi connectivity index (χ2v) is 4.05. The lowest BCUT2D eigenvalue weighted by molar-refractivity contribution is -0.176. The first kappa shape index (κ1) is 12.5. The maximum atomic E-state index is 12.8. The van der Waals surface area contributed by atoms with E-state index in [0.717, 1.165) is 11.8 Å². The van der Waals surface area contributed by atoms with Gasteiger partial charge in [-0.25, -0.2) is 0 Å². The highest BCUT2D eigenvalue weighted by atomic mass is 19.4. The van der Waals surface area contributed by atoms with Crippen molar-refractivity contribution >= 4 is 16.9 Å². The van der Waals surface area contributed by atoms with E-state index < -0.39 is 18.1 Å². The molecule has 0 bridgehead atoms. The van der Waals surface area contributed by atoms with Crippen LogP contribution >= 0.6 is 0 Å². The summed E-state index contributed by atoms with van der Waals surface area (Å²) >= 11 is 0. The molecule has 96 valence electrons. The largest absolute Gasteiger partial charge is 0.481 e. The molecule has 18 heavy (non-hydrogen) atoms. The predicted octanol–water partition coefficient (Wildman–Crippen LogP) is 3.21. The lowest BCUT2D eigenvalue weighted by Crippen LogP contribution is -2.28. The second kappa shape index (κ2) is 4.04. The monoisotopic (exact) mass is 257 g/mol. The third-order valence-electron chi connectivity index (χ3n) is 2.84. The van der Waals surface area contributed by atoms with Crippen LogP contribution in [-0.4, -0.2) is 22.2 Å². The van der Waals surface area contributed by atoms with Crippen LogP contribution < -0.4 is 0 Å². The summed E-state index contributed by atoms with van der Waals surface area (Å²) in [6.45, 7) is 1.74. The molecular formula is C12H10F3NO2. The molecule has 0 fully saturated rings. The van der Waals surface area contributed by atoms with Crippen molar-refractivity contribution in [3.05, 3.63) is 35.5 Å². The molecule has 1 atom stereocenters. The molecule has 6 heteroatoms. The van der Waals surface area contributed by atoms with E-state index in [4.69, 9.17) is 5.11 Å². The van der Waals surface area contributed by atoms with Gasteiger partial charge in [-0.05, 0) is 12.5 Å². The van der Waals surface area contributed by atoms with Crippen molar-refractivity contribution in [3.8, 4) is 0 Å². The van der Waals surface area contributed by atoms with Crippen LogP contribution in [0.3, 0.4) is 0 Å². The molecule has 2 rings (SSSR count). The number of carbonyl (C=O) groups is 1. The molecule has 0 aliphatic rings. The highest BCUT2D eigenvalue weighted by molar-refractivity contribution is 5.91. The van der Waals surface area contributed by atoms with Crippen LogP contribution in [-0.2, 0) is 4.79 Å². The summed E-state index contributed by atoms with van der Waals surface area (Å²) in [4.78, 5) is 13.5. The van der Waals surface area contributed by atoms with Gasteiger partial charge in [0.1, 0.15) is 0 Å². The van der Waals surface area contributed by atoms with Gasteiger partial charge in [-0.1, -0.05) is 18.2 Å². The number of aryl methyl sites for hydroxylation is 1. The summed E-state index contributed by atoms with van der Waals surface area (Å²) < 4.78 is 38.3. The zero-order valence-corrected chi connectivity index (χ0v) is 9.38. The van der Waals surface area contributed by atoms with Crippen molar-refractivity contribution in [2.75, 3.05) is 0 Å². The van der Waals surface area contributed by atoms with E-state index in [1.54, 1.807) is 19.1 Å². The Kier molecular flexibility index (Phi) is 2.80. The van der Waals surface area contributed by atoms with Crippen molar-refractivity contribution in [1.82, 2.24) is 4.98 Å². The van der Waals surface area contributed by atoms with Crippen molar-refractivity contribution in [1.29, 1.82) is 0 Å². The zero-order valence-electron chi connectivity index (χ0n) is 9.38. The van der Waals surface area contributed by atoms with Crippen molar-refractivity contribution < 1.29 is 23.1 Å². The first-order valence-electron chi connectivity index (χ1n) is 5.18. The van der Waals surface area contributed by atoms with Gasteiger partial charge in [0.05, 0.1) is 0 Å². The Labute approximate surface area is 100 Å². The average Bonchev–Trinajstić information content (AvgIpc) is 2.61. The minimum atomic E-state index is -4.81. The maximum Gasteiger partial charge on any atom is 0.406 e. The number of alkyl halides is 3. The molecule has 0 amide bonds. The van der Waals surface area contributed by atoms with Crippen LogP contribution in [0.1, 0.15) is 17.0 Å². The minimum Gasteiger partial charge on any atom is -0.481 e. The Bertz CT molecular complexity index is 601. The molecule has 1 aromatic heterocycles. The molecule has 0 aliphatic carbocycles. The first-order chi connectivity index (χ1) is 8.32. The molecular weight excluding hydrogens is 247 g/mol. The Balaban J connectivity index is 2.66. The van der Waals surface area contributed by atoms with Crippen molar-refractivity contribution in [3.63, 3.8) is 0 Å². The standard InChI is InChI=1S/C12H10F3NO2/c1-6-3-2-4-7-8(5-16-10(6)7)9(11(17)18)12(13,14)15/h2-5,9,16H,1H3,(H,17,18)/t9-/m0/s1. The molecule has 3 nitrogen and oxygen atoms in total. The Hall–Kier alpha value is -1.98. The van der Waals surface area contributed by atoms with Crippen LogP contribution in [0.25, 0.3) is 10.9 Å². The zero-order chi connectivity index (χ0) is 13.5. The van der Waals surface area contributed by atoms with Crippen LogP contribution in [0.5, 0.6) is 0 Å². The second-order valence-electron chi connectivity index (χ2n) is 4.05. The third-order valence-corrected chi connectivity index (χ3v) is 2.84. The number of H-pyrrole nitrogens is 1. The molecule has 0 saturated carbocycles. The normalized spacial score (nSPS) is 13.8. The molecule has 0 spiro atoms. The molecule has 1 heterocycles. The predicted molar refractivity (Wildman–Crippen MR) is 59.5 cm³/mol.